The second-order valence-corrected chi connectivity index (χ2v) is 7.59. The summed E-state index contributed by atoms with van der Waals surface area (Å²) in [5, 5.41) is 3.12. The minimum absolute atomic E-state index is 0.0777. The van der Waals surface area contributed by atoms with E-state index in [0.29, 0.717) is 12.5 Å². The number of fused-ring (bicyclic) bond motifs is 3. The highest BCUT2D eigenvalue weighted by Crippen LogP contribution is 2.65. The summed E-state index contributed by atoms with van der Waals surface area (Å²) in [6.45, 7) is 9.52. The van der Waals surface area contributed by atoms with Crippen molar-refractivity contribution in [3.05, 3.63) is 35.9 Å². The van der Waals surface area contributed by atoms with Gasteiger partial charge >= 0.3 is 0 Å². The molecule has 1 amide bonds. The number of carbonyl (C=O) groups is 1. The maximum Gasteiger partial charge on any atom is 0.231 e. The normalized spacial score (nSPS) is 29.8. The number of benzene rings is 1. The Morgan fingerprint density at radius 3 is 2.87 bits per heavy atom. The fourth-order valence-electron chi connectivity index (χ4n) is 4.54. The van der Waals surface area contributed by atoms with Crippen LogP contribution in [0.1, 0.15) is 38.7 Å². The van der Waals surface area contributed by atoms with Crippen molar-refractivity contribution in [2.45, 2.75) is 39.7 Å². The highest BCUT2D eigenvalue weighted by atomic mass is 16.7. The number of carbonyl (C=O) groups excluding carboxylic acids is 1. The SMILES string of the molecule is C=C1C(C)(C)[C@@H]2CC[C@]1(C(=O)NCc1ccc3c(c1)OCO3)C2. The lowest BCUT2D eigenvalue weighted by molar-refractivity contribution is -0.128. The highest BCUT2D eigenvalue weighted by Gasteiger charge is 2.60. The number of nitrogens with one attached hydrogen (secondary N) is 1. The third-order valence-electron chi connectivity index (χ3n) is 6.22. The summed E-state index contributed by atoms with van der Waals surface area (Å²) in [5.41, 5.74) is 1.86. The summed E-state index contributed by atoms with van der Waals surface area (Å²) in [6.07, 6.45) is 3.02. The number of amides is 1. The third kappa shape index (κ3) is 2.00. The van der Waals surface area contributed by atoms with E-state index in [-0.39, 0.29) is 23.5 Å². The Balaban J connectivity index is 1.48. The molecule has 2 aliphatic carbocycles. The Bertz CT molecular complexity index is 694. The van der Waals surface area contributed by atoms with E-state index in [1.54, 1.807) is 0 Å². The number of ether oxygens (including phenoxy) is 2. The van der Waals surface area contributed by atoms with Crippen molar-refractivity contribution in [1.29, 1.82) is 0 Å². The smallest absolute Gasteiger partial charge is 0.231 e. The first-order valence-corrected chi connectivity index (χ1v) is 8.30. The van der Waals surface area contributed by atoms with Crippen molar-refractivity contribution in [2.75, 3.05) is 6.79 Å². The van der Waals surface area contributed by atoms with Gasteiger partial charge in [-0.1, -0.05) is 32.1 Å². The molecule has 1 N–H and O–H groups in total. The minimum Gasteiger partial charge on any atom is -0.454 e. The van der Waals surface area contributed by atoms with Gasteiger partial charge in [-0.05, 0) is 48.3 Å². The van der Waals surface area contributed by atoms with Gasteiger partial charge in [0.1, 0.15) is 0 Å². The Hall–Kier alpha value is -1.97. The van der Waals surface area contributed by atoms with E-state index in [9.17, 15) is 4.79 Å². The molecule has 1 heterocycles. The van der Waals surface area contributed by atoms with Crippen molar-refractivity contribution in [3.8, 4) is 11.5 Å². The molecule has 0 radical (unpaired) electrons. The number of hydrogen-bond donors (Lipinski definition) is 1. The van der Waals surface area contributed by atoms with Crippen LogP contribution in [0.25, 0.3) is 0 Å². The van der Waals surface area contributed by atoms with Gasteiger partial charge in [0.15, 0.2) is 11.5 Å². The largest absolute Gasteiger partial charge is 0.454 e. The standard InChI is InChI=1S/C19H23NO3/c1-12-18(2,3)14-6-7-19(12,9-14)17(21)20-10-13-4-5-15-16(8-13)23-11-22-15/h4-5,8,14H,1,6-7,9-11H2,2-3H3,(H,20,21)/t14-,19+/m1/s1. The second-order valence-electron chi connectivity index (χ2n) is 7.59. The molecule has 0 aromatic heterocycles. The van der Waals surface area contributed by atoms with Gasteiger partial charge in [-0.2, -0.15) is 0 Å². The molecule has 4 heteroatoms. The number of hydrogen-bond acceptors (Lipinski definition) is 3. The molecule has 2 saturated carbocycles. The number of rotatable bonds is 3. The lowest BCUT2D eigenvalue weighted by Crippen LogP contribution is -2.41. The lowest BCUT2D eigenvalue weighted by atomic mass is 9.68. The second kappa shape index (κ2) is 4.76. The topological polar surface area (TPSA) is 47.6 Å². The predicted molar refractivity (Wildman–Crippen MR) is 87.1 cm³/mol. The van der Waals surface area contributed by atoms with Crippen LogP contribution in [-0.2, 0) is 11.3 Å². The van der Waals surface area contributed by atoms with Gasteiger partial charge in [-0.3, -0.25) is 4.79 Å². The Labute approximate surface area is 136 Å². The fourth-order valence-corrected chi connectivity index (χ4v) is 4.54. The Morgan fingerprint density at radius 2 is 2.13 bits per heavy atom. The molecule has 2 fully saturated rings. The van der Waals surface area contributed by atoms with Crippen molar-refractivity contribution in [3.63, 3.8) is 0 Å². The predicted octanol–water partition coefficient (Wildman–Crippen LogP) is 3.41. The molecule has 4 rings (SSSR count). The van der Waals surface area contributed by atoms with E-state index in [4.69, 9.17) is 9.47 Å². The van der Waals surface area contributed by atoms with Crippen molar-refractivity contribution < 1.29 is 14.3 Å². The Kier molecular flexibility index (Phi) is 3.03. The van der Waals surface area contributed by atoms with E-state index >= 15 is 0 Å². The van der Waals surface area contributed by atoms with Crippen LogP contribution in [0.2, 0.25) is 0 Å². The molecule has 0 unspecified atom stereocenters. The average Bonchev–Trinajstić information content (AvgIpc) is 3.21. The summed E-state index contributed by atoms with van der Waals surface area (Å²) in [4.78, 5) is 12.9. The molecular formula is C19H23NO3. The van der Waals surface area contributed by atoms with Gasteiger partial charge in [0, 0.05) is 6.54 Å². The van der Waals surface area contributed by atoms with Gasteiger partial charge in [0.25, 0.3) is 0 Å². The molecule has 4 nitrogen and oxygen atoms in total. The maximum absolute atomic E-state index is 12.9. The molecule has 3 aliphatic rings. The van der Waals surface area contributed by atoms with Crippen LogP contribution in [0.4, 0.5) is 0 Å². The zero-order valence-corrected chi connectivity index (χ0v) is 13.8. The first kappa shape index (κ1) is 14.6. The molecule has 23 heavy (non-hydrogen) atoms. The molecular weight excluding hydrogens is 290 g/mol. The first-order chi connectivity index (χ1) is 10.9. The van der Waals surface area contributed by atoms with Gasteiger partial charge in [0.05, 0.1) is 5.41 Å². The molecule has 1 aromatic carbocycles. The van der Waals surface area contributed by atoms with E-state index in [1.807, 2.05) is 18.2 Å². The van der Waals surface area contributed by atoms with Gasteiger partial charge < -0.3 is 14.8 Å². The average molecular weight is 313 g/mol. The zero-order valence-electron chi connectivity index (χ0n) is 13.8. The van der Waals surface area contributed by atoms with E-state index in [2.05, 4.69) is 25.7 Å². The molecule has 0 spiro atoms. The third-order valence-corrected chi connectivity index (χ3v) is 6.22. The van der Waals surface area contributed by atoms with Crippen molar-refractivity contribution >= 4 is 5.91 Å². The van der Waals surface area contributed by atoms with E-state index in [0.717, 1.165) is 41.9 Å². The van der Waals surface area contributed by atoms with Crippen molar-refractivity contribution in [1.82, 2.24) is 5.32 Å². The van der Waals surface area contributed by atoms with Gasteiger partial charge in [-0.15, -0.1) is 0 Å². The van der Waals surface area contributed by atoms with Crippen LogP contribution >= 0.6 is 0 Å². The molecule has 0 saturated heterocycles. The maximum atomic E-state index is 12.9. The van der Waals surface area contributed by atoms with Crippen LogP contribution in [-0.4, -0.2) is 12.7 Å². The van der Waals surface area contributed by atoms with E-state index < -0.39 is 0 Å². The van der Waals surface area contributed by atoms with Crippen LogP contribution in [0.15, 0.2) is 30.4 Å². The minimum atomic E-state index is -0.357. The van der Waals surface area contributed by atoms with Crippen LogP contribution in [0.3, 0.4) is 0 Å². The van der Waals surface area contributed by atoms with Gasteiger partial charge in [-0.25, -0.2) is 0 Å². The molecule has 2 atom stereocenters. The summed E-state index contributed by atoms with van der Waals surface area (Å²) < 4.78 is 10.7. The summed E-state index contributed by atoms with van der Waals surface area (Å²) in [6, 6.07) is 5.80. The van der Waals surface area contributed by atoms with E-state index in [1.165, 1.54) is 0 Å². The zero-order chi connectivity index (χ0) is 16.2. The summed E-state index contributed by atoms with van der Waals surface area (Å²) in [5.74, 6) is 2.24. The molecule has 1 aliphatic heterocycles. The summed E-state index contributed by atoms with van der Waals surface area (Å²) >= 11 is 0. The summed E-state index contributed by atoms with van der Waals surface area (Å²) in [7, 11) is 0. The van der Waals surface area contributed by atoms with Gasteiger partial charge in [0.2, 0.25) is 12.7 Å². The molecule has 122 valence electrons. The highest BCUT2D eigenvalue weighted by molar-refractivity contribution is 5.87. The quantitative estimate of drug-likeness (QED) is 0.870. The fraction of sp³-hybridized carbons (Fsp3) is 0.526. The van der Waals surface area contributed by atoms with Crippen LogP contribution in [0, 0.1) is 16.7 Å². The lowest BCUT2D eigenvalue weighted by Gasteiger charge is -2.37. The first-order valence-electron chi connectivity index (χ1n) is 8.30. The van der Waals surface area contributed by atoms with Crippen LogP contribution < -0.4 is 14.8 Å². The van der Waals surface area contributed by atoms with Crippen molar-refractivity contribution in [2.24, 2.45) is 16.7 Å². The Morgan fingerprint density at radius 1 is 1.35 bits per heavy atom. The van der Waals surface area contributed by atoms with Crippen LogP contribution in [0.5, 0.6) is 11.5 Å². The molecule has 2 bridgehead atoms. The molecule has 1 aromatic rings. The monoisotopic (exact) mass is 313 g/mol.